The Morgan fingerprint density at radius 3 is 2.67 bits per heavy atom. The number of aliphatic hydroxyl groups excluding tert-OH is 1. The zero-order chi connectivity index (χ0) is 15.7. The van der Waals surface area contributed by atoms with Crippen LogP contribution in [0, 0.1) is 11.2 Å². The number of aliphatic hydroxyl groups is 1. The number of halogens is 1. The second-order valence-electron chi connectivity index (χ2n) is 6.33. The van der Waals surface area contributed by atoms with Crippen LogP contribution in [0.5, 0.6) is 0 Å². The number of benzene rings is 1. The van der Waals surface area contributed by atoms with Crippen LogP contribution in [0.15, 0.2) is 23.1 Å². The minimum Gasteiger partial charge on any atom is -0.392 e. The van der Waals surface area contributed by atoms with Gasteiger partial charge in [0.05, 0.1) is 11.5 Å². The van der Waals surface area contributed by atoms with Gasteiger partial charge in [-0.15, -0.1) is 0 Å². The summed E-state index contributed by atoms with van der Waals surface area (Å²) in [6, 6.07) is 3.58. The molecule has 0 bridgehead atoms. The fourth-order valence-corrected chi connectivity index (χ4v) is 4.15. The molecule has 2 rings (SSSR count). The van der Waals surface area contributed by atoms with Gasteiger partial charge in [0.25, 0.3) is 0 Å². The van der Waals surface area contributed by atoms with Gasteiger partial charge in [0, 0.05) is 18.7 Å². The van der Waals surface area contributed by atoms with Crippen molar-refractivity contribution in [3.63, 3.8) is 0 Å². The molecule has 1 fully saturated rings. The third kappa shape index (κ3) is 3.62. The van der Waals surface area contributed by atoms with Crippen LogP contribution in [0.1, 0.15) is 38.7 Å². The summed E-state index contributed by atoms with van der Waals surface area (Å²) < 4.78 is 40.2. The van der Waals surface area contributed by atoms with Crippen molar-refractivity contribution in [3.05, 3.63) is 29.6 Å². The molecule has 0 radical (unpaired) electrons. The van der Waals surface area contributed by atoms with Crippen LogP contribution in [0.3, 0.4) is 0 Å². The lowest BCUT2D eigenvalue weighted by molar-refractivity contribution is 0.275. The molecule has 6 heteroatoms. The van der Waals surface area contributed by atoms with Gasteiger partial charge in [0.15, 0.2) is 0 Å². The van der Waals surface area contributed by atoms with Gasteiger partial charge in [-0.25, -0.2) is 12.8 Å². The van der Waals surface area contributed by atoms with Gasteiger partial charge in [-0.1, -0.05) is 13.8 Å². The van der Waals surface area contributed by atoms with E-state index in [0.29, 0.717) is 13.1 Å². The van der Waals surface area contributed by atoms with E-state index in [1.807, 2.05) is 0 Å². The van der Waals surface area contributed by atoms with Crippen molar-refractivity contribution in [2.45, 2.75) is 44.6 Å². The molecule has 0 amide bonds. The minimum absolute atomic E-state index is 0.00577. The van der Waals surface area contributed by atoms with Gasteiger partial charge in [-0.3, -0.25) is 0 Å². The molecule has 0 aliphatic carbocycles. The van der Waals surface area contributed by atoms with Crippen molar-refractivity contribution in [1.82, 2.24) is 4.31 Å². The Labute approximate surface area is 125 Å². The first kappa shape index (κ1) is 16.4. The summed E-state index contributed by atoms with van der Waals surface area (Å²) >= 11 is 0. The van der Waals surface area contributed by atoms with Gasteiger partial charge in [0.1, 0.15) is 5.82 Å². The Morgan fingerprint density at radius 2 is 2.00 bits per heavy atom. The molecule has 1 aromatic carbocycles. The third-order valence-electron chi connectivity index (χ3n) is 4.12. The van der Waals surface area contributed by atoms with Gasteiger partial charge >= 0.3 is 0 Å². The summed E-state index contributed by atoms with van der Waals surface area (Å²) in [5.41, 5.74) is 0.148. The molecule has 1 aromatic rings. The first-order chi connectivity index (χ1) is 9.76. The second-order valence-corrected chi connectivity index (χ2v) is 8.27. The van der Waals surface area contributed by atoms with E-state index < -0.39 is 22.4 Å². The van der Waals surface area contributed by atoms with Crippen LogP contribution in [0.2, 0.25) is 0 Å². The molecule has 1 aliphatic heterocycles. The highest BCUT2D eigenvalue weighted by molar-refractivity contribution is 7.89. The lowest BCUT2D eigenvalue weighted by atomic mass is 9.85. The van der Waals surface area contributed by atoms with E-state index in [0.717, 1.165) is 25.3 Å². The maximum absolute atomic E-state index is 13.4. The van der Waals surface area contributed by atoms with Crippen molar-refractivity contribution < 1.29 is 17.9 Å². The SMILES string of the molecule is CC1(C)CCCN(S(=O)(=O)c2ccc(F)c(CO)c2)CC1. The summed E-state index contributed by atoms with van der Waals surface area (Å²) in [5.74, 6) is -0.589. The summed E-state index contributed by atoms with van der Waals surface area (Å²) in [4.78, 5) is 0.0488. The second kappa shape index (κ2) is 6.02. The quantitative estimate of drug-likeness (QED) is 0.932. The van der Waals surface area contributed by atoms with Crippen molar-refractivity contribution in [2.24, 2.45) is 5.41 Å². The lowest BCUT2D eigenvalue weighted by Gasteiger charge is -2.23. The van der Waals surface area contributed by atoms with Crippen LogP contribution < -0.4 is 0 Å². The highest BCUT2D eigenvalue weighted by atomic mass is 32.2. The Hall–Kier alpha value is -0.980. The highest BCUT2D eigenvalue weighted by Gasteiger charge is 2.30. The van der Waals surface area contributed by atoms with Crippen LogP contribution in [-0.2, 0) is 16.6 Å². The molecular weight excluding hydrogens is 293 g/mol. The molecule has 4 nitrogen and oxygen atoms in total. The minimum atomic E-state index is -3.63. The van der Waals surface area contributed by atoms with Crippen LogP contribution in [-0.4, -0.2) is 30.9 Å². The standard InChI is InChI=1S/C15H22FNO3S/c1-15(2)6-3-8-17(9-7-15)21(19,20)13-4-5-14(16)12(10-13)11-18/h4-5,10,18H,3,6-9,11H2,1-2H3. The van der Waals surface area contributed by atoms with Crippen molar-refractivity contribution in [2.75, 3.05) is 13.1 Å². The zero-order valence-electron chi connectivity index (χ0n) is 12.5. The molecule has 0 atom stereocenters. The van der Waals surface area contributed by atoms with E-state index in [4.69, 9.17) is 5.11 Å². The predicted octanol–water partition coefficient (Wildman–Crippen LogP) is 2.52. The topological polar surface area (TPSA) is 57.6 Å². The number of hydrogen-bond acceptors (Lipinski definition) is 3. The normalized spacial score (nSPS) is 20.2. The number of sulfonamides is 1. The van der Waals surface area contributed by atoms with E-state index in [9.17, 15) is 12.8 Å². The van der Waals surface area contributed by atoms with E-state index in [2.05, 4.69) is 13.8 Å². The molecule has 0 unspecified atom stereocenters. The molecule has 0 spiro atoms. The molecule has 1 saturated heterocycles. The molecule has 1 N–H and O–H groups in total. The van der Waals surface area contributed by atoms with E-state index in [1.165, 1.54) is 16.4 Å². The Morgan fingerprint density at radius 1 is 1.29 bits per heavy atom. The van der Waals surface area contributed by atoms with Crippen molar-refractivity contribution >= 4 is 10.0 Å². The van der Waals surface area contributed by atoms with E-state index in [1.54, 1.807) is 0 Å². The zero-order valence-corrected chi connectivity index (χ0v) is 13.3. The first-order valence-electron chi connectivity index (χ1n) is 7.16. The largest absolute Gasteiger partial charge is 0.392 e. The molecular formula is C15H22FNO3S. The van der Waals surface area contributed by atoms with Crippen LogP contribution in [0.25, 0.3) is 0 Å². The molecule has 1 heterocycles. The number of rotatable bonds is 3. The molecule has 1 aliphatic rings. The van der Waals surface area contributed by atoms with Crippen LogP contribution in [0.4, 0.5) is 4.39 Å². The summed E-state index contributed by atoms with van der Waals surface area (Å²) in [7, 11) is -3.63. The number of hydrogen-bond donors (Lipinski definition) is 1. The van der Waals surface area contributed by atoms with Crippen molar-refractivity contribution in [1.29, 1.82) is 0 Å². The van der Waals surface area contributed by atoms with Gasteiger partial charge in [0.2, 0.25) is 10.0 Å². The lowest BCUT2D eigenvalue weighted by Crippen LogP contribution is -2.32. The van der Waals surface area contributed by atoms with Gasteiger partial charge in [-0.2, -0.15) is 4.31 Å². The summed E-state index contributed by atoms with van der Waals surface area (Å²) in [5, 5.41) is 9.08. The maximum Gasteiger partial charge on any atom is 0.243 e. The van der Waals surface area contributed by atoms with Crippen LogP contribution >= 0.6 is 0 Å². The summed E-state index contributed by atoms with van der Waals surface area (Å²) in [6.45, 7) is 4.73. The fourth-order valence-electron chi connectivity index (χ4n) is 2.62. The number of nitrogens with zero attached hydrogens (tertiary/aromatic N) is 1. The van der Waals surface area contributed by atoms with Gasteiger partial charge < -0.3 is 5.11 Å². The Balaban J connectivity index is 2.29. The van der Waals surface area contributed by atoms with Crippen molar-refractivity contribution in [3.8, 4) is 0 Å². The van der Waals surface area contributed by atoms with E-state index in [-0.39, 0.29) is 15.9 Å². The Bertz CT molecular complexity index is 613. The fraction of sp³-hybridized carbons (Fsp3) is 0.600. The monoisotopic (exact) mass is 315 g/mol. The van der Waals surface area contributed by atoms with E-state index >= 15 is 0 Å². The molecule has 21 heavy (non-hydrogen) atoms. The summed E-state index contributed by atoms with van der Waals surface area (Å²) in [6.07, 6.45) is 2.62. The molecule has 0 aromatic heterocycles. The molecule has 118 valence electrons. The predicted molar refractivity (Wildman–Crippen MR) is 78.7 cm³/mol. The highest BCUT2D eigenvalue weighted by Crippen LogP contribution is 2.32. The average Bonchev–Trinajstić information content (AvgIpc) is 2.60. The first-order valence-corrected chi connectivity index (χ1v) is 8.60. The molecule has 0 saturated carbocycles. The van der Waals surface area contributed by atoms with Gasteiger partial charge in [-0.05, 0) is 42.9 Å². The maximum atomic E-state index is 13.4. The smallest absolute Gasteiger partial charge is 0.243 e. The third-order valence-corrected chi connectivity index (χ3v) is 6.02. The Kier molecular flexibility index (Phi) is 4.70. The average molecular weight is 315 g/mol.